The van der Waals surface area contributed by atoms with E-state index < -0.39 is 0 Å². The van der Waals surface area contributed by atoms with Gasteiger partial charge in [0.25, 0.3) is 0 Å². The van der Waals surface area contributed by atoms with Crippen molar-refractivity contribution in [3.05, 3.63) is 229 Å². The first kappa shape index (κ1) is 43.1. The van der Waals surface area contributed by atoms with Crippen molar-refractivity contribution in [1.82, 2.24) is 14.4 Å². The van der Waals surface area contributed by atoms with Crippen molar-refractivity contribution in [2.45, 2.75) is 52.4 Å². The first-order valence-electron chi connectivity index (χ1n) is 22.4. The smallest absolute Gasteiger partial charge is 0.322 e. The van der Waals surface area contributed by atoms with E-state index in [0.29, 0.717) is 11.5 Å². The van der Waals surface area contributed by atoms with E-state index in [4.69, 9.17) is 9.72 Å². The van der Waals surface area contributed by atoms with Gasteiger partial charge in [0, 0.05) is 73.1 Å². The zero-order valence-electron chi connectivity index (χ0n) is 37.9. The number of allylic oxidation sites excluding steroid dienone is 3. The van der Waals surface area contributed by atoms with Crippen molar-refractivity contribution < 1.29 is 25.8 Å². The second kappa shape index (κ2) is 16.9. The van der Waals surface area contributed by atoms with E-state index in [-0.39, 0.29) is 38.7 Å². The number of pyridine rings is 1. The van der Waals surface area contributed by atoms with Crippen LogP contribution in [-0.2, 0) is 31.9 Å². The fourth-order valence-corrected chi connectivity index (χ4v) is 9.34. The van der Waals surface area contributed by atoms with Gasteiger partial charge in [-0.25, -0.2) is 4.98 Å². The molecule has 66 heavy (non-hydrogen) atoms. The van der Waals surface area contributed by atoms with Gasteiger partial charge in [0.1, 0.15) is 5.82 Å². The van der Waals surface area contributed by atoms with Crippen molar-refractivity contribution in [1.29, 1.82) is 0 Å². The van der Waals surface area contributed by atoms with Crippen molar-refractivity contribution in [2.24, 2.45) is 0 Å². The number of rotatable bonds is 7. The number of ether oxygens (including phenoxy) is 1. The molecule has 0 amide bonds. The molecular formula is C58H49BN5OPt-3. The number of aromatic nitrogens is 2. The summed E-state index contributed by atoms with van der Waals surface area (Å²) in [5.41, 5.74) is 13.3. The van der Waals surface area contributed by atoms with Gasteiger partial charge in [-0.15, -0.1) is 48.1 Å². The van der Waals surface area contributed by atoms with E-state index in [2.05, 4.69) is 237 Å². The minimum absolute atomic E-state index is 0. The number of para-hydroxylation sites is 3. The Morgan fingerprint density at radius 3 is 2.11 bits per heavy atom. The molecule has 3 aliphatic heterocycles. The van der Waals surface area contributed by atoms with E-state index in [1.54, 1.807) is 0 Å². The Balaban J connectivity index is 0.00000511. The Labute approximate surface area is 403 Å². The van der Waals surface area contributed by atoms with Crippen molar-refractivity contribution in [3.8, 4) is 17.3 Å². The van der Waals surface area contributed by atoms with Gasteiger partial charge in [-0.2, -0.15) is 12.1 Å². The predicted octanol–water partition coefficient (Wildman–Crippen LogP) is 14.2. The standard InChI is InChI=1S/C58H49BN5O.Pt/c1-57(2,3)42-27-25-41(26-28-42)55-56(49(40-17-8-7-9-18-40)38-61-34-15-14-32-59(55)61)63-39-62(51-23-12-13-24-52(51)63)44-19-16-20-45(36-44)65-46-29-30-48-47-21-10-11-22-50(47)64(53(48)37-46)54-35-43(31-33-60-54)58(4,5)6;/h7-35,38-39H,1-6H3;/q-3;. The largest absolute Gasteiger partial charge is 0.509 e. The van der Waals surface area contributed by atoms with Crippen LogP contribution in [0.5, 0.6) is 11.5 Å². The first-order valence-corrected chi connectivity index (χ1v) is 22.4. The summed E-state index contributed by atoms with van der Waals surface area (Å²) in [7, 11) is 0. The molecule has 328 valence electrons. The number of hydrogen-bond acceptors (Lipinski definition) is 5. The molecule has 5 heterocycles. The molecule has 0 aliphatic carbocycles. The number of hydrogen-bond donors (Lipinski definition) is 0. The third-order valence-electron chi connectivity index (χ3n) is 12.7. The summed E-state index contributed by atoms with van der Waals surface area (Å²) in [6.07, 6.45) is 10.7. The topological polar surface area (TPSA) is 36.8 Å². The van der Waals surface area contributed by atoms with Gasteiger partial charge in [-0.1, -0.05) is 144 Å². The molecule has 0 N–H and O–H groups in total. The molecule has 6 nitrogen and oxygen atoms in total. The quantitative estimate of drug-likeness (QED) is 0.117. The van der Waals surface area contributed by atoms with E-state index in [9.17, 15) is 0 Å². The Hall–Kier alpha value is -6.82. The molecule has 0 unspecified atom stereocenters. The Morgan fingerprint density at radius 2 is 1.33 bits per heavy atom. The fourth-order valence-electron chi connectivity index (χ4n) is 9.34. The maximum absolute atomic E-state index is 6.69. The van der Waals surface area contributed by atoms with Gasteiger partial charge in [0.05, 0.1) is 0 Å². The van der Waals surface area contributed by atoms with Gasteiger partial charge in [0.2, 0.25) is 0 Å². The monoisotopic (exact) mass is 1040 g/mol. The molecule has 0 saturated carbocycles. The zero-order chi connectivity index (χ0) is 44.5. The SMILES string of the molecule is CC(C)(C)c1ccc(C2=C(N3[CH-]N(c4[c-]c(Oc5[c-]c6c(cc5)c5ccccc5n6-c5cc(C(C)(C)C)ccn5)ccc4)c4ccccc43)C(c3ccccc3)=CN3C=CC=CB23)cc1.[Pt]. The van der Waals surface area contributed by atoms with Gasteiger partial charge in [-0.3, -0.25) is 0 Å². The molecule has 0 bridgehead atoms. The van der Waals surface area contributed by atoms with Crippen LogP contribution in [0.25, 0.3) is 38.7 Å². The summed E-state index contributed by atoms with van der Waals surface area (Å²) in [4.78, 5) is 11.8. The summed E-state index contributed by atoms with van der Waals surface area (Å²) < 4.78 is 8.88. The van der Waals surface area contributed by atoms with Gasteiger partial charge < -0.3 is 23.9 Å². The van der Waals surface area contributed by atoms with E-state index in [0.717, 1.165) is 61.5 Å². The molecular weight excluding hydrogens is 989 g/mol. The van der Waals surface area contributed by atoms with Gasteiger partial charge in [0.15, 0.2) is 0 Å². The number of anilines is 3. The van der Waals surface area contributed by atoms with Crippen LogP contribution in [0.2, 0.25) is 0 Å². The number of nitrogens with zero attached hydrogens (tertiary/aromatic N) is 5. The fraction of sp³-hybridized carbons (Fsp3) is 0.138. The van der Waals surface area contributed by atoms with Gasteiger partial charge >= 0.3 is 6.85 Å². The van der Waals surface area contributed by atoms with Crippen LogP contribution < -0.4 is 14.5 Å². The predicted molar refractivity (Wildman–Crippen MR) is 269 cm³/mol. The average Bonchev–Trinajstić information content (AvgIpc) is 3.87. The summed E-state index contributed by atoms with van der Waals surface area (Å²) in [6, 6.07) is 58.8. The van der Waals surface area contributed by atoms with Crippen LogP contribution >= 0.6 is 0 Å². The van der Waals surface area contributed by atoms with Crippen molar-refractivity contribution in [2.75, 3.05) is 9.80 Å². The normalized spacial score (nSPS) is 14.7. The van der Waals surface area contributed by atoms with E-state index in [1.807, 2.05) is 24.4 Å². The number of fused-ring (bicyclic) bond motifs is 5. The molecule has 3 aliphatic rings. The minimum atomic E-state index is -0.0278. The molecule has 6 aromatic carbocycles. The molecule has 11 rings (SSSR count). The van der Waals surface area contributed by atoms with Crippen molar-refractivity contribution in [3.63, 3.8) is 0 Å². The Morgan fingerprint density at radius 1 is 0.621 bits per heavy atom. The zero-order valence-corrected chi connectivity index (χ0v) is 40.2. The first-order chi connectivity index (χ1) is 31.5. The van der Waals surface area contributed by atoms with Crippen LogP contribution in [0.15, 0.2) is 188 Å². The molecule has 8 heteroatoms. The maximum Gasteiger partial charge on any atom is 0.322 e. The molecule has 0 radical (unpaired) electrons. The molecule has 8 aromatic rings. The minimum Gasteiger partial charge on any atom is -0.509 e. The van der Waals surface area contributed by atoms with Crippen LogP contribution in [0.4, 0.5) is 17.1 Å². The Kier molecular flexibility index (Phi) is 11.0. The summed E-state index contributed by atoms with van der Waals surface area (Å²) in [5.74, 6) is 4.34. The maximum atomic E-state index is 6.69. The molecule has 0 spiro atoms. The number of benzene rings is 6. The molecule has 0 saturated heterocycles. The van der Waals surface area contributed by atoms with Gasteiger partial charge in [-0.05, 0) is 86.6 Å². The molecule has 0 fully saturated rings. The summed E-state index contributed by atoms with van der Waals surface area (Å²) in [5, 5.41) is 2.23. The van der Waals surface area contributed by atoms with Crippen LogP contribution in [-0.4, -0.2) is 21.2 Å². The summed E-state index contributed by atoms with van der Waals surface area (Å²) in [6.45, 7) is 15.7. The Bertz CT molecular complexity index is 3260. The second-order valence-electron chi connectivity index (χ2n) is 19.1. The van der Waals surface area contributed by atoms with Crippen molar-refractivity contribution >= 4 is 56.8 Å². The molecule has 2 aromatic heterocycles. The average molecular weight is 1040 g/mol. The molecule has 0 atom stereocenters. The third-order valence-corrected chi connectivity index (χ3v) is 12.7. The van der Waals surface area contributed by atoms with E-state index >= 15 is 0 Å². The second-order valence-corrected chi connectivity index (χ2v) is 19.1. The summed E-state index contributed by atoms with van der Waals surface area (Å²) >= 11 is 0. The third kappa shape index (κ3) is 7.69. The van der Waals surface area contributed by atoms with Crippen LogP contribution in [0.1, 0.15) is 63.8 Å². The van der Waals surface area contributed by atoms with Crippen LogP contribution in [0.3, 0.4) is 0 Å². The van der Waals surface area contributed by atoms with E-state index in [1.165, 1.54) is 22.2 Å². The van der Waals surface area contributed by atoms with Crippen LogP contribution in [0, 0.1) is 18.8 Å².